The van der Waals surface area contributed by atoms with Crippen molar-refractivity contribution in [1.29, 1.82) is 0 Å². The number of esters is 1. The second kappa shape index (κ2) is 12.5. The highest BCUT2D eigenvalue weighted by Crippen LogP contribution is 2.37. The lowest BCUT2D eigenvalue weighted by molar-refractivity contribution is -0.139. The first-order chi connectivity index (χ1) is 19.6. The van der Waals surface area contributed by atoms with Crippen molar-refractivity contribution >= 4 is 23.4 Å². The van der Waals surface area contributed by atoms with E-state index >= 15 is 0 Å². The van der Waals surface area contributed by atoms with Gasteiger partial charge >= 0.3 is 5.97 Å². The van der Waals surface area contributed by atoms with E-state index in [0.29, 0.717) is 49.6 Å². The standard InChI is InChI=1S/C31H34N2O7S/c1-8-10-21-13-19(14-24(38-7)28(21)34)15-25-29(35)33-27(20-11-12-22(40-17(3)4)23(16-20)37-6)26(30(36)39-9-2)18(5)32-31(33)41-25/h8,11-17,27,34H,1,9-10H2,2-7H3/b25-15-/t27-/m0/s1. The lowest BCUT2D eigenvalue weighted by Crippen LogP contribution is -2.40. The van der Waals surface area contributed by atoms with Crippen LogP contribution in [0.25, 0.3) is 6.08 Å². The molecule has 2 aromatic carbocycles. The number of rotatable bonds is 10. The van der Waals surface area contributed by atoms with E-state index in [4.69, 9.17) is 18.9 Å². The third-order valence-electron chi connectivity index (χ3n) is 6.44. The van der Waals surface area contributed by atoms with Crippen LogP contribution in [0.1, 0.15) is 50.4 Å². The van der Waals surface area contributed by atoms with Crippen LogP contribution in [0.15, 0.2) is 64.0 Å². The maximum Gasteiger partial charge on any atom is 0.338 e. The number of methoxy groups -OCH3 is 2. The molecule has 0 amide bonds. The van der Waals surface area contributed by atoms with Gasteiger partial charge in [-0.1, -0.05) is 23.5 Å². The average Bonchev–Trinajstić information content (AvgIpc) is 3.23. The highest BCUT2D eigenvalue weighted by molar-refractivity contribution is 7.07. The van der Waals surface area contributed by atoms with E-state index in [1.807, 2.05) is 19.9 Å². The number of carbonyl (C=O) groups is 1. The van der Waals surface area contributed by atoms with Gasteiger partial charge in [0.2, 0.25) is 0 Å². The van der Waals surface area contributed by atoms with Crippen molar-refractivity contribution in [3.8, 4) is 23.0 Å². The average molecular weight is 579 g/mol. The summed E-state index contributed by atoms with van der Waals surface area (Å²) in [5, 5.41) is 10.5. The first-order valence-corrected chi connectivity index (χ1v) is 14.0. The fourth-order valence-electron chi connectivity index (χ4n) is 4.70. The monoisotopic (exact) mass is 578 g/mol. The van der Waals surface area contributed by atoms with E-state index < -0.39 is 12.0 Å². The van der Waals surface area contributed by atoms with Gasteiger partial charge in [-0.15, -0.1) is 6.58 Å². The Labute approximate surface area is 242 Å². The van der Waals surface area contributed by atoms with Crippen molar-refractivity contribution in [1.82, 2.24) is 4.57 Å². The minimum absolute atomic E-state index is 0.0274. The summed E-state index contributed by atoms with van der Waals surface area (Å²) in [6, 6.07) is 7.98. The molecule has 1 N–H and O–H groups in total. The number of fused-ring (bicyclic) bond motifs is 1. The van der Waals surface area contributed by atoms with E-state index in [1.165, 1.54) is 30.1 Å². The Kier molecular flexibility index (Phi) is 9.02. The second-order valence-electron chi connectivity index (χ2n) is 9.60. The van der Waals surface area contributed by atoms with Crippen LogP contribution in [0.3, 0.4) is 0 Å². The number of hydrogen-bond acceptors (Lipinski definition) is 9. The van der Waals surface area contributed by atoms with Crippen molar-refractivity contribution in [3.05, 3.63) is 90.6 Å². The smallest absolute Gasteiger partial charge is 0.338 e. The van der Waals surface area contributed by atoms with Crippen molar-refractivity contribution in [2.24, 2.45) is 4.99 Å². The quantitative estimate of drug-likeness (QED) is 0.286. The topological polar surface area (TPSA) is 109 Å². The maximum absolute atomic E-state index is 14.0. The van der Waals surface area contributed by atoms with Gasteiger partial charge in [0, 0.05) is 5.56 Å². The molecule has 3 aromatic rings. The summed E-state index contributed by atoms with van der Waals surface area (Å²) in [4.78, 5) is 32.3. The molecule has 0 radical (unpaired) electrons. The molecule has 0 aliphatic carbocycles. The number of thiazole rings is 1. The molecule has 0 fully saturated rings. The molecule has 0 saturated carbocycles. The zero-order chi connectivity index (χ0) is 29.8. The van der Waals surface area contributed by atoms with Crippen molar-refractivity contribution in [2.45, 2.75) is 46.3 Å². The van der Waals surface area contributed by atoms with Crippen molar-refractivity contribution < 1.29 is 28.8 Å². The maximum atomic E-state index is 14.0. The summed E-state index contributed by atoms with van der Waals surface area (Å²) in [7, 11) is 3.01. The fraction of sp³-hybridized carbons (Fsp3) is 0.323. The van der Waals surface area contributed by atoms with Crippen molar-refractivity contribution in [2.75, 3.05) is 20.8 Å². The molecule has 9 nitrogen and oxygen atoms in total. The lowest BCUT2D eigenvalue weighted by atomic mass is 9.95. The number of aromatic hydroxyl groups is 1. The molecular formula is C31H34N2O7S. The van der Waals surface area contributed by atoms with Gasteiger partial charge in [-0.25, -0.2) is 9.79 Å². The Morgan fingerprint density at radius 2 is 1.90 bits per heavy atom. The number of phenolic OH excluding ortho intramolecular Hbond substituents is 1. The zero-order valence-corrected chi connectivity index (χ0v) is 24.8. The van der Waals surface area contributed by atoms with Gasteiger partial charge in [-0.05, 0) is 75.6 Å². The molecule has 0 bridgehead atoms. The van der Waals surface area contributed by atoms with E-state index in [-0.39, 0.29) is 35.3 Å². The van der Waals surface area contributed by atoms with Crippen LogP contribution in [-0.4, -0.2) is 42.6 Å². The molecule has 0 spiro atoms. The number of aromatic nitrogens is 1. The van der Waals surface area contributed by atoms with Crippen LogP contribution in [-0.2, 0) is 16.0 Å². The zero-order valence-electron chi connectivity index (χ0n) is 24.0. The minimum atomic E-state index is -0.805. The Balaban J connectivity index is 1.95. The van der Waals surface area contributed by atoms with Crippen LogP contribution in [0, 0.1) is 0 Å². The first-order valence-electron chi connectivity index (χ1n) is 13.2. The number of allylic oxidation sites excluding steroid dienone is 2. The summed E-state index contributed by atoms with van der Waals surface area (Å²) in [5.74, 6) is 0.791. The molecular weight excluding hydrogens is 544 g/mol. The second-order valence-corrected chi connectivity index (χ2v) is 10.6. The normalized spacial score (nSPS) is 14.9. The minimum Gasteiger partial charge on any atom is -0.504 e. The van der Waals surface area contributed by atoms with Gasteiger partial charge in [0.15, 0.2) is 27.8 Å². The largest absolute Gasteiger partial charge is 0.504 e. The highest BCUT2D eigenvalue weighted by Gasteiger charge is 2.34. The molecule has 1 atom stereocenters. The summed E-state index contributed by atoms with van der Waals surface area (Å²) >= 11 is 1.21. The highest BCUT2D eigenvalue weighted by atomic mass is 32.1. The molecule has 1 aliphatic rings. The number of carbonyl (C=O) groups excluding carboxylic acids is 1. The number of ether oxygens (including phenoxy) is 4. The van der Waals surface area contributed by atoms with E-state index in [0.717, 1.165) is 0 Å². The Bertz CT molecular complexity index is 1700. The predicted octanol–water partition coefficient (Wildman–Crippen LogP) is 4.04. The third-order valence-corrected chi connectivity index (χ3v) is 7.42. The molecule has 41 heavy (non-hydrogen) atoms. The summed E-state index contributed by atoms with van der Waals surface area (Å²) < 4.78 is 24.1. The van der Waals surface area contributed by atoms with E-state index in [1.54, 1.807) is 50.3 Å². The molecule has 0 unspecified atom stereocenters. The molecule has 1 aromatic heterocycles. The van der Waals surface area contributed by atoms with Crippen LogP contribution < -0.4 is 29.1 Å². The third kappa shape index (κ3) is 5.92. The predicted molar refractivity (Wildman–Crippen MR) is 158 cm³/mol. The lowest BCUT2D eigenvalue weighted by Gasteiger charge is -2.25. The van der Waals surface area contributed by atoms with Gasteiger partial charge in [-0.2, -0.15) is 0 Å². The number of nitrogens with zero attached hydrogens (tertiary/aromatic N) is 2. The van der Waals surface area contributed by atoms with Gasteiger partial charge in [0.05, 0.1) is 48.8 Å². The van der Waals surface area contributed by atoms with E-state index in [2.05, 4.69) is 11.6 Å². The molecule has 1 aliphatic heterocycles. The van der Waals surface area contributed by atoms with Gasteiger partial charge in [0.1, 0.15) is 0 Å². The summed E-state index contributed by atoms with van der Waals surface area (Å²) in [5.41, 5.74) is 2.32. The van der Waals surface area contributed by atoms with Gasteiger partial charge < -0.3 is 24.1 Å². The van der Waals surface area contributed by atoms with E-state index in [9.17, 15) is 14.7 Å². The molecule has 2 heterocycles. The van der Waals surface area contributed by atoms with Crippen molar-refractivity contribution in [3.63, 3.8) is 0 Å². The molecule has 10 heteroatoms. The number of hydrogen-bond donors (Lipinski definition) is 1. The molecule has 216 valence electrons. The van der Waals surface area contributed by atoms with Gasteiger partial charge in [-0.3, -0.25) is 9.36 Å². The Hall–Kier alpha value is -4.31. The first kappa shape index (κ1) is 29.7. The SMILES string of the molecule is C=CCc1cc(/C=c2\sc3n(c2=O)[C@@H](c2ccc(OC(C)C)c(OC)c2)C(C(=O)OCC)=C(C)N=3)cc(OC)c1O. The molecule has 0 saturated heterocycles. The summed E-state index contributed by atoms with van der Waals surface area (Å²) in [6.07, 6.45) is 3.75. The number of benzene rings is 2. The Morgan fingerprint density at radius 3 is 2.54 bits per heavy atom. The summed E-state index contributed by atoms with van der Waals surface area (Å²) in [6.45, 7) is 11.2. The fourth-order valence-corrected chi connectivity index (χ4v) is 5.75. The van der Waals surface area contributed by atoms with Gasteiger partial charge in [0.25, 0.3) is 5.56 Å². The van der Waals surface area contributed by atoms with Crippen LogP contribution in [0.5, 0.6) is 23.0 Å². The van der Waals surface area contributed by atoms with Crippen LogP contribution in [0.2, 0.25) is 0 Å². The Morgan fingerprint density at radius 1 is 1.17 bits per heavy atom. The molecule has 4 rings (SSSR count). The van der Waals surface area contributed by atoms with Crippen LogP contribution >= 0.6 is 11.3 Å². The number of phenols is 1. The van der Waals surface area contributed by atoms with Crippen LogP contribution in [0.4, 0.5) is 0 Å².